The quantitative estimate of drug-likeness (QED) is 0.660. The molecule has 2 amide bonds. The first-order valence-corrected chi connectivity index (χ1v) is 5.93. The molecule has 0 radical (unpaired) electrons. The van der Waals surface area contributed by atoms with Crippen molar-refractivity contribution >= 4 is 12.0 Å². The van der Waals surface area contributed by atoms with Gasteiger partial charge in [-0.2, -0.15) is 0 Å². The third-order valence-corrected chi connectivity index (χ3v) is 2.38. The Balaban J connectivity index is 4.53. The minimum Gasteiger partial charge on any atom is -0.480 e. The van der Waals surface area contributed by atoms with Crippen molar-refractivity contribution in [3.05, 3.63) is 12.7 Å². The van der Waals surface area contributed by atoms with E-state index < -0.39 is 5.97 Å². The van der Waals surface area contributed by atoms with E-state index in [0.29, 0.717) is 13.1 Å². The molecule has 0 aliphatic carbocycles. The van der Waals surface area contributed by atoms with Gasteiger partial charge < -0.3 is 14.9 Å². The number of hydrogen-bond acceptors (Lipinski definition) is 2. The van der Waals surface area contributed by atoms with Crippen LogP contribution in [0.15, 0.2) is 12.7 Å². The number of amides is 2. The molecule has 0 fully saturated rings. The van der Waals surface area contributed by atoms with Crippen LogP contribution < -0.4 is 0 Å². The number of carboxylic acids is 1. The van der Waals surface area contributed by atoms with Crippen LogP contribution in [0.2, 0.25) is 0 Å². The van der Waals surface area contributed by atoms with E-state index in [1.165, 1.54) is 11.0 Å². The van der Waals surface area contributed by atoms with Crippen molar-refractivity contribution in [2.75, 3.05) is 26.2 Å². The molecule has 0 aromatic rings. The molecular weight excluding hydrogens is 220 g/mol. The van der Waals surface area contributed by atoms with Gasteiger partial charge in [0.1, 0.15) is 6.54 Å². The van der Waals surface area contributed by atoms with E-state index in [9.17, 15) is 9.59 Å². The summed E-state index contributed by atoms with van der Waals surface area (Å²) in [4.78, 5) is 25.7. The fraction of sp³-hybridized carbons (Fsp3) is 0.667. The highest BCUT2D eigenvalue weighted by Gasteiger charge is 2.20. The largest absolute Gasteiger partial charge is 0.480 e. The summed E-state index contributed by atoms with van der Waals surface area (Å²) in [5.74, 6) is -1.01. The van der Waals surface area contributed by atoms with Gasteiger partial charge in [0.25, 0.3) is 0 Å². The number of nitrogens with zero attached hydrogens (tertiary/aromatic N) is 2. The van der Waals surface area contributed by atoms with Crippen LogP contribution in [-0.2, 0) is 4.79 Å². The van der Waals surface area contributed by atoms with Crippen molar-refractivity contribution in [1.82, 2.24) is 9.80 Å². The second kappa shape index (κ2) is 8.61. The Labute approximate surface area is 103 Å². The van der Waals surface area contributed by atoms with E-state index in [-0.39, 0.29) is 19.1 Å². The fourth-order valence-corrected chi connectivity index (χ4v) is 1.47. The summed E-state index contributed by atoms with van der Waals surface area (Å²) in [6, 6.07) is -0.233. The first kappa shape index (κ1) is 15.5. The lowest BCUT2D eigenvalue weighted by atomic mass is 10.3. The van der Waals surface area contributed by atoms with Crippen molar-refractivity contribution in [2.45, 2.75) is 26.7 Å². The van der Waals surface area contributed by atoms with Gasteiger partial charge in [-0.3, -0.25) is 4.79 Å². The van der Waals surface area contributed by atoms with Gasteiger partial charge in [0.05, 0.1) is 0 Å². The molecule has 0 aliphatic heterocycles. The minimum atomic E-state index is -1.01. The van der Waals surface area contributed by atoms with E-state index in [1.54, 1.807) is 4.90 Å². The number of carbonyl (C=O) groups is 2. The summed E-state index contributed by atoms with van der Waals surface area (Å²) < 4.78 is 0. The van der Waals surface area contributed by atoms with Crippen LogP contribution in [-0.4, -0.2) is 53.1 Å². The van der Waals surface area contributed by atoms with Crippen molar-refractivity contribution in [1.29, 1.82) is 0 Å². The Bertz CT molecular complexity index is 266. The van der Waals surface area contributed by atoms with Crippen LogP contribution >= 0.6 is 0 Å². The number of carbonyl (C=O) groups excluding carboxylic acids is 1. The SMILES string of the molecule is C=CCN(CC(=O)O)C(=O)N(CC)CCCC. The summed E-state index contributed by atoms with van der Waals surface area (Å²) in [5, 5.41) is 8.74. The van der Waals surface area contributed by atoms with Gasteiger partial charge in [-0.25, -0.2) is 4.79 Å². The van der Waals surface area contributed by atoms with Gasteiger partial charge in [0.2, 0.25) is 0 Å². The number of urea groups is 1. The highest BCUT2D eigenvalue weighted by molar-refractivity contribution is 5.80. The number of hydrogen-bond donors (Lipinski definition) is 1. The molecule has 0 aromatic carbocycles. The van der Waals surface area contributed by atoms with Gasteiger partial charge in [0, 0.05) is 19.6 Å². The van der Waals surface area contributed by atoms with E-state index in [0.717, 1.165) is 12.8 Å². The lowest BCUT2D eigenvalue weighted by Crippen LogP contribution is -2.45. The van der Waals surface area contributed by atoms with Crippen molar-refractivity contribution < 1.29 is 14.7 Å². The monoisotopic (exact) mass is 242 g/mol. The van der Waals surface area contributed by atoms with Crippen LogP contribution in [0.1, 0.15) is 26.7 Å². The predicted octanol–water partition coefficient (Wildman–Crippen LogP) is 1.80. The molecule has 0 aliphatic rings. The molecule has 0 atom stereocenters. The number of rotatable bonds is 8. The summed E-state index contributed by atoms with van der Waals surface area (Å²) in [7, 11) is 0. The molecule has 0 saturated carbocycles. The first-order valence-electron chi connectivity index (χ1n) is 5.93. The van der Waals surface area contributed by atoms with Crippen LogP contribution in [0.5, 0.6) is 0 Å². The average Bonchev–Trinajstić information content (AvgIpc) is 2.28. The maximum atomic E-state index is 12.0. The molecule has 0 heterocycles. The molecule has 0 saturated heterocycles. The van der Waals surface area contributed by atoms with Gasteiger partial charge in [-0.05, 0) is 13.3 Å². The molecule has 0 spiro atoms. The second-order valence-electron chi connectivity index (χ2n) is 3.78. The molecule has 17 heavy (non-hydrogen) atoms. The zero-order valence-corrected chi connectivity index (χ0v) is 10.7. The van der Waals surface area contributed by atoms with E-state index in [2.05, 4.69) is 13.5 Å². The smallest absolute Gasteiger partial charge is 0.323 e. The summed E-state index contributed by atoms with van der Waals surface area (Å²) >= 11 is 0. The summed E-state index contributed by atoms with van der Waals surface area (Å²) in [5.41, 5.74) is 0. The zero-order valence-electron chi connectivity index (χ0n) is 10.7. The van der Waals surface area contributed by atoms with Crippen LogP contribution in [0, 0.1) is 0 Å². The van der Waals surface area contributed by atoms with Gasteiger partial charge in [0.15, 0.2) is 0 Å². The highest BCUT2D eigenvalue weighted by Crippen LogP contribution is 2.02. The Morgan fingerprint density at radius 1 is 1.29 bits per heavy atom. The lowest BCUT2D eigenvalue weighted by molar-refractivity contribution is -0.137. The number of unbranched alkanes of at least 4 members (excludes halogenated alkanes) is 1. The standard InChI is InChI=1S/C12H22N2O3/c1-4-7-9-13(6-3)12(17)14(8-5-2)10-11(15)16/h5H,2,4,6-10H2,1,3H3,(H,15,16). The molecule has 0 rings (SSSR count). The first-order chi connectivity index (χ1) is 8.06. The Kier molecular flexibility index (Phi) is 7.84. The predicted molar refractivity (Wildman–Crippen MR) is 67.0 cm³/mol. The Hall–Kier alpha value is -1.52. The summed E-state index contributed by atoms with van der Waals surface area (Å²) in [6.07, 6.45) is 3.47. The molecule has 1 N–H and O–H groups in total. The van der Waals surface area contributed by atoms with Crippen LogP contribution in [0.4, 0.5) is 4.79 Å². The van der Waals surface area contributed by atoms with E-state index in [4.69, 9.17) is 5.11 Å². The van der Waals surface area contributed by atoms with Crippen molar-refractivity contribution in [3.63, 3.8) is 0 Å². The summed E-state index contributed by atoms with van der Waals surface area (Å²) in [6.45, 7) is 8.70. The van der Waals surface area contributed by atoms with E-state index in [1.807, 2.05) is 6.92 Å². The topological polar surface area (TPSA) is 60.9 Å². The minimum absolute atomic E-state index is 0.233. The molecule has 5 nitrogen and oxygen atoms in total. The number of carboxylic acid groups (broad SMARTS) is 1. The fourth-order valence-electron chi connectivity index (χ4n) is 1.47. The third-order valence-electron chi connectivity index (χ3n) is 2.38. The van der Waals surface area contributed by atoms with Crippen LogP contribution in [0.3, 0.4) is 0 Å². The number of aliphatic carboxylic acids is 1. The van der Waals surface area contributed by atoms with E-state index >= 15 is 0 Å². The lowest BCUT2D eigenvalue weighted by Gasteiger charge is -2.28. The van der Waals surface area contributed by atoms with Gasteiger partial charge >= 0.3 is 12.0 Å². The molecule has 5 heteroatoms. The van der Waals surface area contributed by atoms with Crippen molar-refractivity contribution in [2.24, 2.45) is 0 Å². The molecule has 0 unspecified atom stereocenters. The Morgan fingerprint density at radius 3 is 2.35 bits per heavy atom. The van der Waals surface area contributed by atoms with Gasteiger partial charge in [-0.1, -0.05) is 19.4 Å². The maximum absolute atomic E-state index is 12.0. The van der Waals surface area contributed by atoms with Crippen LogP contribution in [0.25, 0.3) is 0 Å². The zero-order chi connectivity index (χ0) is 13.3. The molecule has 98 valence electrons. The highest BCUT2D eigenvalue weighted by atomic mass is 16.4. The second-order valence-corrected chi connectivity index (χ2v) is 3.78. The third kappa shape index (κ3) is 5.94. The van der Waals surface area contributed by atoms with Crippen molar-refractivity contribution in [3.8, 4) is 0 Å². The molecular formula is C12H22N2O3. The normalized spacial score (nSPS) is 9.76. The Morgan fingerprint density at radius 2 is 1.94 bits per heavy atom. The molecule has 0 aromatic heterocycles. The van der Waals surface area contributed by atoms with Gasteiger partial charge in [-0.15, -0.1) is 6.58 Å². The maximum Gasteiger partial charge on any atom is 0.323 e. The molecule has 0 bridgehead atoms. The average molecular weight is 242 g/mol.